The molecule has 0 saturated heterocycles. The first-order valence-electron chi connectivity index (χ1n) is 9.52. The zero-order valence-electron chi connectivity index (χ0n) is 16.4. The summed E-state index contributed by atoms with van der Waals surface area (Å²) in [6.07, 6.45) is 1.72. The number of fused-ring (bicyclic) bond motifs is 1. The number of benzene rings is 2. The molecule has 0 atom stereocenters. The van der Waals surface area contributed by atoms with Crippen molar-refractivity contribution in [2.45, 2.75) is 20.1 Å². The molecule has 6 nitrogen and oxygen atoms in total. The summed E-state index contributed by atoms with van der Waals surface area (Å²) >= 11 is 0. The van der Waals surface area contributed by atoms with E-state index >= 15 is 0 Å². The predicted octanol–water partition coefficient (Wildman–Crippen LogP) is 3.94. The highest BCUT2D eigenvalue weighted by atomic mass is 16.5. The quantitative estimate of drug-likeness (QED) is 0.459. The molecule has 0 aliphatic rings. The van der Waals surface area contributed by atoms with Crippen LogP contribution in [-0.4, -0.2) is 15.4 Å². The maximum absolute atomic E-state index is 12.6. The summed E-state index contributed by atoms with van der Waals surface area (Å²) in [7, 11) is 0. The van der Waals surface area contributed by atoms with Crippen LogP contribution in [0.2, 0.25) is 0 Å². The van der Waals surface area contributed by atoms with Gasteiger partial charge in [0.25, 0.3) is 5.56 Å². The average molecular weight is 400 g/mol. The summed E-state index contributed by atoms with van der Waals surface area (Å²) < 4.78 is 12.7. The number of carbonyl (C=O) groups is 1. The number of hydrogen-bond donors (Lipinski definition) is 0. The Labute approximate surface area is 173 Å². The van der Waals surface area contributed by atoms with E-state index in [4.69, 9.17) is 9.47 Å². The summed E-state index contributed by atoms with van der Waals surface area (Å²) in [6.45, 7) is 2.14. The maximum atomic E-state index is 12.6. The molecule has 0 bridgehead atoms. The third-order valence-electron chi connectivity index (χ3n) is 4.56. The van der Waals surface area contributed by atoms with Crippen LogP contribution in [0.25, 0.3) is 5.65 Å². The lowest BCUT2D eigenvalue weighted by molar-refractivity contribution is 0.0462. The van der Waals surface area contributed by atoms with Gasteiger partial charge in [-0.3, -0.25) is 9.20 Å². The minimum atomic E-state index is -0.537. The number of aromatic nitrogens is 2. The second-order valence-electron chi connectivity index (χ2n) is 6.87. The van der Waals surface area contributed by atoms with Crippen molar-refractivity contribution in [1.29, 1.82) is 0 Å². The Morgan fingerprint density at radius 2 is 1.73 bits per heavy atom. The van der Waals surface area contributed by atoms with E-state index in [-0.39, 0.29) is 12.2 Å². The summed E-state index contributed by atoms with van der Waals surface area (Å²) in [5.41, 5.74) is 2.95. The van der Waals surface area contributed by atoms with Crippen molar-refractivity contribution < 1.29 is 14.3 Å². The number of hydrogen-bond acceptors (Lipinski definition) is 5. The second-order valence-corrected chi connectivity index (χ2v) is 6.87. The fourth-order valence-corrected chi connectivity index (χ4v) is 3.05. The second kappa shape index (κ2) is 8.61. The van der Waals surface area contributed by atoms with Gasteiger partial charge in [0.2, 0.25) is 0 Å². The molecular weight excluding hydrogens is 380 g/mol. The van der Waals surface area contributed by atoms with Crippen LogP contribution in [-0.2, 0) is 18.0 Å². The molecule has 2 aromatic heterocycles. The fraction of sp³-hybridized carbons (Fsp3) is 0.125. The smallest absolute Gasteiger partial charge is 0.342 e. The van der Waals surface area contributed by atoms with Crippen LogP contribution in [0.4, 0.5) is 0 Å². The van der Waals surface area contributed by atoms with Gasteiger partial charge in [0, 0.05) is 12.3 Å². The molecule has 0 unspecified atom stereocenters. The van der Waals surface area contributed by atoms with Crippen molar-refractivity contribution in [2.24, 2.45) is 0 Å². The molecule has 4 rings (SSSR count). The van der Waals surface area contributed by atoms with Gasteiger partial charge in [-0.2, -0.15) is 0 Å². The standard InChI is InChI=1S/C24H20N2O4/c1-17-11-12-22-25-19(13-23(27)26(22)14-17)16-30-24(28)20-9-5-6-10-21(20)29-15-18-7-3-2-4-8-18/h2-14H,15-16H2,1H3. The lowest BCUT2D eigenvalue weighted by Gasteiger charge is -2.11. The van der Waals surface area contributed by atoms with Crippen LogP contribution in [0.5, 0.6) is 5.75 Å². The van der Waals surface area contributed by atoms with Crippen molar-refractivity contribution in [2.75, 3.05) is 0 Å². The van der Waals surface area contributed by atoms with Crippen molar-refractivity contribution >= 4 is 11.6 Å². The molecule has 0 amide bonds. The van der Waals surface area contributed by atoms with E-state index in [0.717, 1.165) is 11.1 Å². The number of esters is 1. The van der Waals surface area contributed by atoms with Crippen molar-refractivity contribution in [3.05, 3.63) is 112 Å². The van der Waals surface area contributed by atoms with E-state index in [1.807, 2.05) is 43.3 Å². The Morgan fingerprint density at radius 1 is 0.967 bits per heavy atom. The summed E-state index contributed by atoms with van der Waals surface area (Å²) in [5, 5.41) is 0. The molecule has 4 aromatic rings. The molecule has 0 spiro atoms. The van der Waals surface area contributed by atoms with Gasteiger partial charge in [-0.15, -0.1) is 0 Å². The Hall–Kier alpha value is -3.93. The largest absolute Gasteiger partial charge is 0.488 e. The van der Waals surface area contributed by atoms with Gasteiger partial charge in [0.1, 0.15) is 30.2 Å². The highest BCUT2D eigenvalue weighted by molar-refractivity contribution is 5.92. The van der Waals surface area contributed by atoms with Crippen LogP contribution in [0.3, 0.4) is 0 Å². The highest BCUT2D eigenvalue weighted by Gasteiger charge is 2.15. The minimum Gasteiger partial charge on any atom is -0.488 e. The summed E-state index contributed by atoms with van der Waals surface area (Å²) in [6, 6.07) is 21.6. The molecule has 0 fully saturated rings. The van der Waals surface area contributed by atoms with Gasteiger partial charge in [0.05, 0.1) is 5.69 Å². The minimum absolute atomic E-state index is 0.106. The molecule has 0 radical (unpaired) electrons. The van der Waals surface area contributed by atoms with E-state index in [1.165, 1.54) is 10.5 Å². The Bertz CT molecular complexity index is 1250. The van der Waals surface area contributed by atoms with Crippen molar-refractivity contribution in [3.8, 4) is 5.75 Å². The van der Waals surface area contributed by atoms with Gasteiger partial charge in [-0.25, -0.2) is 9.78 Å². The Kier molecular flexibility index (Phi) is 5.57. The van der Waals surface area contributed by atoms with Crippen LogP contribution in [0, 0.1) is 6.92 Å². The van der Waals surface area contributed by atoms with Crippen molar-refractivity contribution in [3.63, 3.8) is 0 Å². The van der Waals surface area contributed by atoms with E-state index in [1.54, 1.807) is 36.5 Å². The van der Waals surface area contributed by atoms with Gasteiger partial charge in [-0.1, -0.05) is 48.5 Å². The van der Waals surface area contributed by atoms with Crippen molar-refractivity contribution in [1.82, 2.24) is 9.38 Å². The first kappa shape index (κ1) is 19.4. The number of rotatable bonds is 6. The van der Waals surface area contributed by atoms with Crippen LogP contribution < -0.4 is 10.3 Å². The SMILES string of the molecule is Cc1ccc2nc(COC(=O)c3ccccc3OCc3ccccc3)cc(=O)n2c1. The molecule has 0 N–H and O–H groups in total. The van der Waals surface area contributed by atoms with E-state index < -0.39 is 5.97 Å². The predicted molar refractivity (Wildman–Crippen MR) is 113 cm³/mol. The molecule has 0 aliphatic carbocycles. The van der Waals surface area contributed by atoms with Gasteiger partial charge < -0.3 is 9.47 Å². The maximum Gasteiger partial charge on any atom is 0.342 e. The number of pyridine rings is 1. The van der Waals surface area contributed by atoms with Crippen LogP contribution >= 0.6 is 0 Å². The third kappa shape index (κ3) is 4.38. The molecule has 30 heavy (non-hydrogen) atoms. The number of carbonyl (C=O) groups excluding carboxylic acids is 1. The highest BCUT2D eigenvalue weighted by Crippen LogP contribution is 2.21. The number of nitrogens with zero attached hydrogens (tertiary/aromatic N) is 2. The molecule has 150 valence electrons. The molecule has 2 heterocycles. The fourth-order valence-electron chi connectivity index (χ4n) is 3.05. The zero-order valence-corrected chi connectivity index (χ0v) is 16.4. The molecule has 2 aromatic carbocycles. The lowest BCUT2D eigenvalue weighted by Crippen LogP contribution is -2.17. The lowest BCUT2D eigenvalue weighted by atomic mass is 10.2. The third-order valence-corrected chi connectivity index (χ3v) is 4.56. The molecular formula is C24H20N2O4. The van der Waals surface area contributed by atoms with Gasteiger partial charge >= 0.3 is 5.97 Å². The van der Waals surface area contributed by atoms with Crippen LogP contribution in [0.1, 0.15) is 27.2 Å². The first-order chi connectivity index (χ1) is 14.6. The number of ether oxygens (including phenoxy) is 2. The molecule has 0 saturated carbocycles. The van der Waals surface area contributed by atoms with Gasteiger partial charge in [0.15, 0.2) is 0 Å². The van der Waals surface area contributed by atoms with E-state index in [2.05, 4.69) is 4.98 Å². The summed E-state index contributed by atoms with van der Waals surface area (Å²) in [4.78, 5) is 29.3. The monoisotopic (exact) mass is 400 g/mol. The molecule has 0 aliphatic heterocycles. The normalized spacial score (nSPS) is 10.7. The van der Waals surface area contributed by atoms with Crippen LogP contribution in [0.15, 0.2) is 83.8 Å². The van der Waals surface area contributed by atoms with Gasteiger partial charge in [-0.05, 0) is 36.2 Å². The number of aryl methyl sites for hydroxylation is 1. The zero-order chi connectivity index (χ0) is 20.9. The number of para-hydroxylation sites is 1. The average Bonchev–Trinajstić information content (AvgIpc) is 2.77. The topological polar surface area (TPSA) is 69.9 Å². The Morgan fingerprint density at radius 3 is 2.57 bits per heavy atom. The Balaban J connectivity index is 1.47. The van der Waals surface area contributed by atoms with E-state index in [9.17, 15) is 9.59 Å². The van der Waals surface area contributed by atoms with E-state index in [0.29, 0.717) is 29.3 Å². The summed E-state index contributed by atoms with van der Waals surface area (Å²) in [5.74, 6) is -0.0991. The molecule has 6 heteroatoms. The first-order valence-corrected chi connectivity index (χ1v) is 9.52.